The van der Waals surface area contributed by atoms with Crippen LogP contribution in [0.3, 0.4) is 0 Å². The van der Waals surface area contributed by atoms with E-state index in [-0.39, 0.29) is 0 Å². The zero-order valence-corrected chi connectivity index (χ0v) is 11.2. The van der Waals surface area contributed by atoms with Crippen LogP contribution in [-0.4, -0.2) is 30.7 Å². The number of rotatable bonds is 1. The van der Waals surface area contributed by atoms with Gasteiger partial charge in [0.2, 0.25) is 0 Å². The van der Waals surface area contributed by atoms with Crippen LogP contribution in [0.15, 0.2) is 12.3 Å². The Balaban J connectivity index is 1.90. The number of halogens is 2. The van der Waals surface area contributed by atoms with E-state index in [4.69, 9.17) is 23.2 Å². The van der Waals surface area contributed by atoms with Gasteiger partial charge in [-0.3, -0.25) is 0 Å². The third-order valence-corrected chi connectivity index (χ3v) is 4.48. The summed E-state index contributed by atoms with van der Waals surface area (Å²) < 4.78 is 0. The lowest BCUT2D eigenvalue weighted by atomic mass is 9.95. The minimum atomic E-state index is 0.487. The molecular formula is C12H15Cl2N3. The second kappa shape index (κ2) is 4.30. The predicted octanol–water partition coefficient (Wildman–Crippen LogP) is 2.43. The molecule has 2 fully saturated rings. The van der Waals surface area contributed by atoms with Crippen LogP contribution in [0.1, 0.15) is 6.92 Å². The lowest BCUT2D eigenvalue weighted by molar-refractivity contribution is 0.471. The monoisotopic (exact) mass is 271 g/mol. The first-order chi connectivity index (χ1) is 8.16. The normalized spacial score (nSPS) is 31.9. The fraction of sp³-hybridized carbons (Fsp3) is 0.583. The Morgan fingerprint density at radius 2 is 2.24 bits per heavy atom. The van der Waals surface area contributed by atoms with Crippen molar-refractivity contribution >= 4 is 29.0 Å². The Morgan fingerprint density at radius 1 is 1.41 bits per heavy atom. The van der Waals surface area contributed by atoms with Crippen LogP contribution in [0.4, 0.5) is 5.82 Å². The minimum absolute atomic E-state index is 0.487. The molecule has 3 heterocycles. The van der Waals surface area contributed by atoms with Crippen molar-refractivity contribution in [2.45, 2.75) is 13.0 Å². The zero-order chi connectivity index (χ0) is 12.0. The SMILES string of the molecule is CC1C2CNCC2CN1c1ncc(Cl)cc1Cl. The van der Waals surface area contributed by atoms with E-state index >= 15 is 0 Å². The van der Waals surface area contributed by atoms with Crippen molar-refractivity contribution in [1.29, 1.82) is 0 Å². The summed E-state index contributed by atoms with van der Waals surface area (Å²) in [6.07, 6.45) is 1.67. The molecule has 2 aliphatic rings. The lowest BCUT2D eigenvalue weighted by Gasteiger charge is -2.26. The molecule has 0 aromatic carbocycles. The third-order valence-electron chi connectivity index (χ3n) is 3.99. The number of hydrogen-bond donors (Lipinski definition) is 1. The Bertz CT molecular complexity index is 438. The van der Waals surface area contributed by atoms with Crippen LogP contribution in [0, 0.1) is 11.8 Å². The molecule has 1 aromatic rings. The molecule has 2 saturated heterocycles. The Morgan fingerprint density at radius 3 is 2.94 bits per heavy atom. The first-order valence-corrected chi connectivity index (χ1v) is 6.71. The fourth-order valence-corrected chi connectivity index (χ4v) is 3.55. The molecule has 0 spiro atoms. The molecule has 3 nitrogen and oxygen atoms in total. The molecule has 0 aliphatic carbocycles. The van der Waals surface area contributed by atoms with Gasteiger partial charge in [-0.1, -0.05) is 23.2 Å². The summed E-state index contributed by atoms with van der Waals surface area (Å²) in [6.45, 7) is 5.50. The van der Waals surface area contributed by atoms with Crippen molar-refractivity contribution in [3.05, 3.63) is 22.3 Å². The second-order valence-corrected chi connectivity index (χ2v) is 5.78. The van der Waals surface area contributed by atoms with Crippen molar-refractivity contribution < 1.29 is 0 Å². The lowest BCUT2D eigenvalue weighted by Crippen LogP contribution is -2.33. The summed E-state index contributed by atoms with van der Waals surface area (Å²) in [5.41, 5.74) is 0. The first kappa shape index (κ1) is 11.6. The van der Waals surface area contributed by atoms with Gasteiger partial charge in [0, 0.05) is 31.9 Å². The molecule has 92 valence electrons. The van der Waals surface area contributed by atoms with Crippen LogP contribution in [0.25, 0.3) is 0 Å². The number of fused-ring (bicyclic) bond motifs is 1. The quantitative estimate of drug-likeness (QED) is 0.851. The molecular weight excluding hydrogens is 257 g/mol. The molecule has 0 amide bonds. The average molecular weight is 272 g/mol. The van der Waals surface area contributed by atoms with E-state index < -0.39 is 0 Å². The number of nitrogens with zero attached hydrogens (tertiary/aromatic N) is 2. The van der Waals surface area contributed by atoms with Gasteiger partial charge < -0.3 is 10.2 Å². The number of hydrogen-bond acceptors (Lipinski definition) is 3. The third kappa shape index (κ3) is 1.90. The molecule has 1 N–H and O–H groups in total. The first-order valence-electron chi connectivity index (χ1n) is 5.95. The summed E-state index contributed by atoms with van der Waals surface area (Å²) >= 11 is 12.1. The molecule has 0 saturated carbocycles. The van der Waals surface area contributed by atoms with Crippen molar-refractivity contribution in [3.63, 3.8) is 0 Å². The maximum atomic E-state index is 6.23. The Kier molecular flexibility index (Phi) is 2.93. The van der Waals surface area contributed by atoms with Gasteiger partial charge in [0.1, 0.15) is 5.82 Å². The predicted molar refractivity (Wildman–Crippen MR) is 70.9 cm³/mol. The van der Waals surface area contributed by atoms with Gasteiger partial charge in [-0.05, 0) is 24.8 Å². The van der Waals surface area contributed by atoms with Crippen molar-refractivity contribution in [2.75, 3.05) is 24.5 Å². The van der Waals surface area contributed by atoms with Crippen molar-refractivity contribution in [2.24, 2.45) is 11.8 Å². The van der Waals surface area contributed by atoms with E-state index in [0.717, 1.165) is 31.4 Å². The summed E-state index contributed by atoms with van der Waals surface area (Å²) in [7, 11) is 0. The zero-order valence-electron chi connectivity index (χ0n) is 9.66. The van der Waals surface area contributed by atoms with E-state index in [1.165, 1.54) is 0 Å². The topological polar surface area (TPSA) is 28.2 Å². The van der Waals surface area contributed by atoms with Crippen LogP contribution in [0.5, 0.6) is 0 Å². The van der Waals surface area contributed by atoms with Gasteiger partial charge in [0.15, 0.2) is 0 Å². The number of aromatic nitrogens is 1. The number of pyridine rings is 1. The molecule has 0 bridgehead atoms. The Labute approximate surface area is 111 Å². The molecule has 2 aliphatic heterocycles. The second-order valence-electron chi connectivity index (χ2n) is 4.93. The summed E-state index contributed by atoms with van der Waals surface area (Å²) in [6, 6.07) is 2.26. The summed E-state index contributed by atoms with van der Waals surface area (Å²) in [4.78, 5) is 6.69. The summed E-state index contributed by atoms with van der Waals surface area (Å²) in [5, 5.41) is 4.69. The molecule has 0 radical (unpaired) electrons. The molecule has 5 heteroatoms. The Hall–Kier alpha value is -0.510. The molecule has 3 rings (SSSR count). The molecule has 3 atom stereocenters. The van der Waals surface area contributed by atoms with Crippen molar-refractivity contribution in [1.82, 2.24) is 10.3 Å². The van der Waals surface area contributed by atoms with E-state index in [1.54, 1.807) is 12.3 Å². The molecule has 3 unspecified atom stereocenters. The van der Waals surface area contributed by atoms with E-state index in [1.807, 2.05) is 0 Å². The van der Waals surface area contributed by atoms with Crippen LogP contribution in [0.2, 0.25) is 10.0 Å². The summed E-state index contributed by atoms with van der Waals surface area (Å²) in [5.74, 6) is 2.31. The van der Waals surface area contributed by atoms with Gasteiger partial charge >= 0.3 is 0 Å². The van der Waals surface area contributed by atoms with Gasteiger partial charge in [-0.25, -0.2) is 4.98 Å². The highest BCUT2D eigenvalue weighted by molar-refractivity contribution is 6.36. The number of nitrogens with one attached hydrogen (secondary N) is 1. The molecule has 17 heavy (non-hydrogen) atoms. The van der Waals surface area contributed by atoms with Crippen LogP contribution in [-0.2, 0) is 0 Å². The fourth-order valence-electron chi connectivity index (χ4n) is 3.07. The average Bonchev–Trinajstić information content (AvgIpc) is 2.83. The van der Waals surface area contributed by atoms with Crippen molar-refractivity contribution in [3.8, 4) is 0 Å². The van der Waals surface area contributed by atoms with Crippen LogP contribution < -0.4 is 10.2 Å². The smallest absolute Gasteiger partial charge is 0.147 e. The van der Waals surface area contributed by atoms with E-state index in [2.05, 4.69) is 22.1 Å². The maximum Gasteiger partial charge on any atom is 0.147 e. The van der Waals surface area contributed by atoms with E-state index in [9.17, 15) is 0 Å². The largest absolute Gasteiger partial charge is 0.352 e. The highest BCUT2D eigenvalue weighted by Gasteiger charge is 2.42. The van der Waals surface area contributed by atoms with Gasteiger partial charge in [0.05, 0.1) is 10.0 Å². The van der Waals surface area contributed by atoms with Gasteiger partial charge in [-0.15, -0.1) is 0 Å². The molecule has 1 aromatic heterocycles. The highest BCUT2D eigenvalue weighted by atomic mass is 35.5. The highest BCUT2D eigenvalue weighted by Crippen LogP contribution is 2.37. The maximum absolute atomic E-state index is 6.23. The van der Waals surface area contributed by atoms with E-state index in [0.29, 0.717) is 22.0 Å². The van der Waals surface area contributed by atoms with Gasteiger partial charge in [0.25, 0.3) is 0 Å². The number of anilines is 1. The standard InChI is InChI=1S/C12H15Cl2N3/c1-7-10-5-15-3-8(10)6-17(7)12-11(14)2-9(13)4-16-12/h2,4,7-8,10,15H,3,5-6H2,1H3. The minimum Gasteiger partial charge on any atom is -0.352 e. The van der Waals surface area contributed by atoms with Gasteiger partial charge in [-0.2, -0.15) is 0 Å². The van der Waals surface area contributed by atoms with Crippen LogP contribution >= 0.6 is 23.2 Å².